The molecule has 0 aromatic carbocycles. The smallest absolute Gasteiger partial charge is 0.139 e. The molecule has 0 N–H and O–H groups in total. The van der Waals surface area contributed by atoms with Gasteiger partial charge in [-0.05, 0) is 30.9 Å². The van der Waals surface area contributed by atoms with Gasteiger partial charge in [-0.2, -0.15) is 0 Å². The van der Waals surface area contributed by atoms with Gasteiger partial charge in [-0.15, -0.1) is 0 Å². The van der Waals surface area contributed by atoms with Crippen molar-refractivity contribution in [3.63, 3.8) is 0 Å². The zero-order valence-corrected chi connectivity index (χ0v) is 9.20. The van der Waals surface area contributed by atoms with E-state index in [1.165, 1.54) is 16.8 Å². The van der Waals surface area contributed by atoms with Crippen LogP contribution in [0.2, 0.25) is 0 Å². The van der Waals surface area contributed by atoms with Crippen LogP contribution in [0.15, 0.2) is 18.5 Å². The molecular weight excluding hydrogens is 172 g/mol. The van der Waals surface area contributed by atoms with Crippen molar-refractivity contribution in [2.75, 3.05) is 0 Å². The Labute approximate surface area is 84.6 Å². The monoisotopic (exact) mass is 188 g/mol. The Hall–Kier alpha value is -1.31. The van der Waals surface area contributed by atoms with E-state index in [-0.39, 0.29) is 0 Å². The van der Waals surface area contributed by atoms with Crippen LogP contribution in [0, 0.1) is 13.8 Å². The summed E-state index contributed by atoms with van der Waals surface area (Å²) in [7, 11) is 0. The second kappa shape index (κ2) is 3.12. The largest absolute Gasteiger partial charge is 0.304 e. The van der Waals surface area contributed by atoms with Gasteiger partial charge < -0.3 is 4.40 Å². The molecule has 0 fully saturated rings. The van der Waals surface area contributed by atoms with Crippen LogP contribution in [0.3, 0.4) is 0 Å². The Bertz CT molecular complexity index is 466. The van der Waals surface area contributed by atoms with Crippen molar-refractivity contribution >= 4 is 5.65 Å². The number of fused-ring (bicyclic) bond motifs is 1. The van der Waals surface area contributed by atoms with Gasteiger partial charge in [0.2, 0.25) is 0 Å². The highest BCUT2D eigenvalue weighted by atomic mass is 15.0. The maximum Gasteiger partial charge on any atom is 0.139 e. The van der Waals surface area contributed by atoms with E-state index in [0.29, 0.717) is 5.92 Å². The van der Waals surface area contributed by atoms with Gasteiger partial charge in [-0.1, -0.05) is 19.9 Å². The quantitative estimate of drug-likeness (QED) is 0.672. The SMILES string of the molecule is Cc1cc(C(C)C)cn2c(C)cnc12. The number of nitrogens with zero attached hydrogens (tertiary/aromatic N) is 2. The predicted octanol–water partition coefficient (Wildman–Crippen LogP) is 3.07. The fraction of sp³-hybridized carbons (Fsp3) is 0.417. The Morgan fingerprint density at radius 2 is 2.00 bits per heavy atom. The third-order valence-corrected chi connectivity index (χ3v) is 2.66. The lowest BCUT2D eigenvalue weighted by Crippen LogP contribution is -1.96. The summed E-state index contributed by atoms with van der Waals surface area (Å²) in [6, 6.07) is 2.23. The average molecular weight is 188 g/mol. The topological polar surface area (TPSA) is 17.3 Å². The van der Waals surface area contributed by atoms with Crippen LogP contribution < -0.4 is 0 Å². The zero-order chi connectivity index (χ0) is 10.3. The van der Waals surface area contributed by atoms with E-state index in [1.807, 2.05) is 6.20 Å². The number of rotatable bonds is 1. The van der Waals surface area contributed by atoms with Gasteiger partial charge in [-0.25, -0.2) is 4.98 Å². The van der Waals surface area contributed by atoms with Gasteiger partial charge in [-0.3, -0.25) is 0 Å². The third kappa shape index (κ3) is 1.31. The minimum absolute atomic E-state index is 0.569. The Balaban J connectivity index is 2.75. The molecule has 14 heavy (non-hydrogen) atoms. The number of pyridine rings is 1. The first-order valence-corrected chi connectivity index (χ1v) is 5.04. The van der Waals surface area contributed by atoms with Crippen LogP contribution in [0.1, 0.15) is 36.6 Å². The molecule has 0 saturated carbocycles. The normalized spacial score (nSPS) is 11.5. The molecule has 0 spiro atoms. The molecule has 0 unspecified atom stereocenters. The van der Waals surface area contributed by atoms with Gasteiger partial charge in [0.15, 0.2) is 0 Å². The first-order chi connectivity index (χ1) is 6.59. The minimum atomic E-state index is 0.569. The van der Waals surface area contributed by atoms with Gasteiger partial charge in [0.25, 0.3) is 0 Å². The summed E-state index contributed by atoms with van der Waals surface area (Å²) in [5.74, 6) is 0.569. The van der Waals surface area contributed by atoms with Crippen LogP contribution in [0.5, 0.6) is 0 Å². The van der Waals surface area contributed by atoms with Crippen molar-refractivity contribution in [3.8, 4) is 0 Å². The molecule has 0 amide bonds. The number of hydrogen-bond acceptors (Lipinski definition) is 1. The summed E-state index contributed by atoms with van der Waals surface area (Å²) in [6.45, 7) is 8.64. The minimum Gasteiger partial charge on any atom is -0.304 e. The molecule has 2 heterocycles. The lowest BCUT2D eigenvalue weighted by atomic mass is 10.0. The second-order valence-corrected chi connectivity index (χ2v) is 4.20. The van der Waals surface area contributed by atoms with E-state index in [9.17, 15) is 0 Å². The summed E-state index contributed by atoms with van der Waals surface area (Å²) in [5.41, 5.74) is 4.90. The van der Waals surface area contributed by atoms with E-state index in [1.54, 1.807) is 0 Å². The van der Waals surface area contributed by atoms with Crippen molar-refractivity contribution in [1.29, 1.82) is 0 Å². The maximum absolute atomic E-state index is 4.38. The van der Waals surface area contributed by atoms with Crippen LogP contribution in [-0.2, 0) is 0 Å². The van der Waals surface area contributed by atoms with E-state index in [2.05, 4.69) is 49.3 Å². The molecule has 2 rings (SSSR count). The van der Waals surface area contributed by atoms with E-state index in [0.717, 1.165) is 5.65 Å². The van der Waals surface area contributed by atoms with Crippen molar-refractivity contribution in [2.24, 2.45) is 0 Å². The van der Waals surface area contributed by atoms with E-state index in [4.69, 9.17) is 0 Å². The fourth-order valence-electron chi connectivity index (χ4n) is 1.72. The molecule has 2 aromatic rings. The lowest BCUT2D eigenvalue weighted by molar-refractivity contribution is 0.848. The molecule has 0 saturated heterocycles. The lowest BCUT2D eigenvalue weighted by Gasteiger charge is -2.08. The standard InChI is InChI=1S/C12H16N2/c1-8(2)11-5-9(3)12-13-6-10(4)14(12)7-11/h5-8H,1-4H3. The molecule has 0 aliphatic heterocycles. The summed E-state index contributed by atoms with van der Waals surface area (Å²) >= 11 is 0. The van der Waals surface area contributed by atoms with E-state index >= 15 is 0 Å². The summed E-state index contributed by atoms with van der Waals surface area (Å²) in [6.07, 6.45) is 4.11. The highest BCUT2D eigenvalue weighted by molar-refractivity contribution is 5.50. The van der Waals surface area contributed by atoms with Crippen LogP contribution in [-0.4, -0.2) is 9.38 Å². The summed E-state index contributed by atoms with van der Waals surface area (Å²) in [4.78, 5) is 4.38. The van der Waals surface area contributed by atoms with Crippen molar-refractivity contribution < 1.29 is 0 Å². The molecule has 74 valence electrons. The Morgan fingerprint density at radius 3 is 2.64 bits per heavy atom. The fourth-order valence-corrected chi connectivity index (χ4v) is 1.72. The number of hydrogen-bond donors (Lipinski definition) is 0. The molecule has 2 heteroatoms. The van der Waals surface area contributed by atoms with Gasteiger partial charge in [0.1, 0.15) is 5.65 Å². The van der Waals surface area contributed by atoms with Crippen LogP contribution >= 0.6 is 0 Å². The first kappa shape index (κ1) is 9.25. The van der Waals surface area contributed by atoms with Gasteiger partial charge in [0, 0.05) is 18.1 Å². The van der Waals surface area contributed by atoms with Gasteiger partial charge >= 0.3 is 0 Å². The zero-order valence-electron chi connectivity index (χ0n) is 9.20. The average Bonchev–Trinajstić information content (AvgIpc) is 2.48. The number of imidazole rings is 1. The van der Waals surface area contributed by atoms with E-state index < -0.39 is 0 Å². The molecule has 0 atom stereocenters. The van der Waals surface area contributed by atoms with Crippen molar-refractivity contribution in [1.82, 2.24) is 9.38 Å². The third-order valence-electron chi connectivity index (χ3n) is 2.66. The summed E-state index contributed by atoms with van der Waals surface area (Å²) in [5, 5.41) is 0. The van der Waals surface area contributed by atoms with Crippen molar-refractivity contribution in [2.45, 2.75) is 33.6 Å². The molecular formula is C12H16N2. The van der Waals surface area contributed by atoms with Crippen molar-refractivity contribution in [3.05, 3.63) is 35.3 Å². The molecule has 0 bridgehead atoms. The highest BCUT2D eigenvalue weighted by Gasteiger charge is 2.06. The maximum atomic E-state index is 4.38. The number of aromatic nitrogens is 2. The molecule has 0 aliphatic rings. The summed E-state index contributed by atoms with van der Waals surface area (Å²) < 4.78 is 2.17. The second-order valence-electron chi connectivity index (χ2n) is 4.20. The van der Waals surface area contributed by atoms with Crippen LogP contribution in [0.25, 0.3) is 5.65 Å². The predicted molar refractivity (Wildman–Crippen MR) is 58.8 cm³/mol. The van der Waals surface area contributed by atoms with Gasteiger partial charge in [0.05, 0.1) is 0 Å². The molecule has 0 radical (unpaired) electrons. The highest BCUT2D eigenvalue weighted by Crippen LogP contribution is 2.19. The number of aryl methyl sites for hydroxylation is 2. The molecule has 0 aliphatic carbocycles. The van der Waals surface area contributed by atoms with Crippen LogP contribution in [0.4, 0.5) is 0 Å². The Kier molecular flexibility index (Phi) is 2.06. The molecule has 2 aromatic heterocycles. The Morgan fingerprint density at radius 1 is 1.29 bits per heavy atom. The first-order valence-electron chi connectivity index (χ1n) is 5.04. The molecule has 2 nitrogen and oxygen atoms in total.